The van der Waals surface area contributed by atoms with Gasteiger partial charge in [0.2, 0.25) is 0 Å². The number of hydrogen-bond donors (Lipinski definition) is 3. The standard InChI is InChI=1S/C59H54N8/c1-35-14-8-20-51(41(35)7)42-26-43(52-21-9-15-36(2)60-52)30-48(27-42)57-65-58(49-31-44(53-22-10-16-37(3)61-53)28-45(32-49)54-23-11-17-38(4)62-54)67-59(66-57)50-33-46(55-24-12-18-39(5)63-55)29-47(34-50)56-25-13-19-40(6)64-56/h8-34,37,51,55,59,61,63H,7H2,1-6H3,(H,65,66,67). The average molecular weight is 875 g/mol. The molecule has 0 saturated carbocycles. The van der Waals surface area contributed by atoms with Gasteiger partial charge in [0.15, 0.2) is 5.84 Å². The quantitative estimate of drug-likeness (QED) is 0.134. The third kappa shape index (κ3) is 9.29. The number of aromatic nitrogens is 3. The van der Waals surface area contributed by atoms with Crippen molar-refractivity contribution in [3.8, 4) is 33.8 Å². The summed E-state index contributed by atoms with van der Waals surface area (Å²) in [5.41, 5.74) is 18.9. The van der Waals surface area contributed by atoms with Crippen LogP contribution in [0.4, 0.5) is 0 Å². The minimum absolute atomic E-state index is 0.0231. The fraction of sp³-hybridized carbons (Fsp3) is 0.169. The number of hydrogen-bond acceptors (Lipinski definition) is 8. The average Bonchev–Trinajstić information content (AvgIpc) is 3.34. The second-order valence-corrected chi connectivity index (χ2v) is 18.0. The monoisotopic (exact) mass is 874 g/mol. The number of nitrogens with one attached hydrogen (secondary N) is 3. The molecule has 3 aromatic carbocycles. The van der Waals surface area contributed by atoms with Crippen molar-refractivity contribution in [1.82, 2.24) is 30.9 Å². The SMILES string of the molecule is C=C1C(C)=CC=CC1c1cc(C2=NC(c3cc(C4=CC=CC(C)N4)cc(-c4cccc(C)n4)c3)=NC(c3cc(-c4cccc(C)n4)cc(C4C=CC=C(C)N4)c3)N2)cc(-c2cccc(C)n2)c1. The van der Waals surface area contributed by atoms with Gasteiger partial charge in [0.1, 0.15) is 12.0 Å². The molecule has 0 bridgehead atoms. The van der Waals surface area contributed by atoms with Gasteiger partial charge < -0.3 is 16.0 Å². The molecule has 1 aliphatic carbocycles. The second kappa shape index (κ2) is 18.1. The molecular formula is C59H54N8. The zero-order valence-electron chi connectivity index (χ0n) is 38.8. The minimum atomic E-state index is -0.534. The van der Waals surface area contributed by atoms with Crippen LogP contribution in [-0.4, -0.2) is 32.7 Å². The van der Waals surface area contributed by atoms with E-state index >= 15 is 0 Å². The largest absolute Gasteiger partial charge is 0.379 e. The Morgan fingerprint density at radius 2 is 1.07 bits per heavy atom. The first-order valence-corrected chi connectivity index (χ1v) is 23.0. The first-order chi connectivity index (χ1) is 32.5. The van der Waals surface area contributed by atoms with E-state index in [0.29, 0.717) is 11.7 Å². The summed E-state index contributed by atoms with van der Waals surface area (Å²) in [6, 6.07) is 38.6. The maximum Gasteiger partial charge on any atom is 0.159 e. The molecule has 3 aliphatic heterocycles. The molecule has 0 amide bonds. The molecule has 0 saturated heterocycles. The zero-order valence-corrected chi connectivity index (χ0v) is 38.8. The van der Waals surface area contributed by atoms with Crippen molar-refractivity contribution in [3.63, 3.8) is 0 Å². The first kappa shape index (κ1) is 43.0. The topological polar surface area (TPSA) is 99.5 Å². The van der Waals surface area contributed by atoms with E-state index in [1.807, 2.05) is 39.0 Å². The number of benzene rings is 3. The van der Waals surface area contributed by atoms with E-state index in [0.717, 1.165) is 107 Å². The van der Waals surface area contributed by atoms with Crippen LogP contribution in [0.1, 0.15) is 89.4 Å². The van der Waals surface area contributed by atoms with Crippen molar-refractivity contribution >= 4 is 17.4 Å². The van der Waals surface area contributed by atoms with Gasteiger partial charge in [-0.1, -0.05) is 67.3 Å². The lowest BCUT2D eigenvalue weighted by Crippen LogP contribution is -2.34. The van der Waals surface area contributed by atoms with Crippen molar-refractivity contribution < 1.29 is 0 Å². The van der Waals surface area contributed by atoms with E-state index in [1.54, 1.807) is 0 Å². The molecule has 0 fully saturated rings. The molecule has 6 aromatic rings. The van der Waals surface area contributed by atoms with E-state index in [-0.39, 0.29) is 18.0 Å². The molecule has 3 aromatic heterocycles. The Labute approximate surface area is 393 Å². The van der Waals surface area contributed by atoms with Crippen LogP contribution in [0.25, 0.3) is 39.5 Å². The predicted octanol–water partition coefficient (Wildman–Crippen LogP) is 12.4. The lowest BCUT2D eigenvalue weighted by atomic mass is 9.83. The van der Waals surface area contributed by atoms with Crippen LogP contribution >= 0.6 is 0 Å². The Morgan fingerprint density at radius 3 is 1.75 bits per heavy atom. The molecule has 10 rings (SSSR count). The van der Waals surface area contributed by atoms with Crippen molar-refractivity contribution in [2.24, 2.45) is 9.98 Å². The molecule has 4 atom stereocenters. The normalized spacial score (nSPS) is 19.9. The van der Waals surface area contributed by atoms with Gasteiger partial charge in [-0.15, -0.1) is 0 Å². The number of aliphatic imine (C=N–C) groups is 2. The number of dihydropyridines is 2. The van der Waals surface area contributed by atoms with Crippen molar-refractivity contribution in [2.45, 2.75) is 65.7 Å². The van der Waals surface area contributed by atoms with Crippen LogP contribution < -0.4 is 16.0 Å². The summed E-state index contributed by atoms with van der Waals surface area (Å²) in [6.07, 6.45) is 18.8. The van der Waals surface area contributed by atoms with Crippen LogP contribution in [0.3, 0.4) is 0 Å². The zero-order chi connectivity index (χ0) is 46.2. The first-order valence-electron chi connectivity index (χ1n) is 23.0. The number of aryl methyl sites for hydroxylation is 3. The number of amidine groups is 2. The Morgan fingerprint density at radius 1 is 0.507 bits per heavy atom. The van der Waals surface area contributed by atoms with Crippen LogP contribution in [0.5, 0.6) is 0 Å². The minimum Gasteiger partial charge on any atom is -0.379 e. The third-order valence-corrected chi connectivity index (χ3v) is 12.6. The van der Waals surface area contributed by atoms with Gasteiger partial charge in [-0.25, -0.2) is 9.98 Å². The number of allylic oxidation sites excluding steroid dienone is 10. The number of rotatable bonds is 9. The Balaban J connectivity index is 1.19. The fourth-order valence-corrected chi connectivity index (χ4v) is 9.12. The summed E-state index contributed by atoms with van der Waals surface area (Å²) in [7, 11) is 0. The molecular weight excluding hydrogens is 821 g/mol. The van der Waals surface area contributed by atoms with E-state index < -0.39 is 6.17 Å². The highest BCUT2D eigenvalue weighted by Crippen LogP contribution is 2.37. The number of pyridine rings is 3. The van der Waals surface area contributed by atoms with Crippen LogP contribution in [0.15, 0.2) is 197 Å². The molecule has 8 heteroatoms. The van der Waals surface area contributed by atoms with Gasteiger partial charge >= 0.3 is 0 Å². The van der Waals surface area contributed by atoms with Gasteiger partial charge in [-0.05, 0) is 178 Å². The maximum atomic E-state index is 5.56. The summed E-state index contributed by atoms with van der Waals surface area (Å²) in [5, 5.41) is 11.2. The summed E-state index contributed by atoms with van der Waals surface area (Å²) >= 11 is 0. The van der Waals surface area contributed by atoms with E-state index in [1.165, 1.54) is 0 Å². The predicted molar refractivity (Wildman–Crippen MR) is 275 cm³/mol. The van der Waals surface area contributed by atoms with Gasteiger partial charge in [-0.2, -0.15) is 0 Å². The molecule has 0 radical (unpaired) electrons. The van der Waals surface area contributed by atoms with Crippen molar-refractivity contribution in [2.75, 3.05) is 0 Å². The maximum absolute atomic E-state index is 5.56. The molecule has 0 spiro atoms. The second-order valence-electron chi connectivity index (χ2n) is 18.0. The fourth-order valence-electron chi connectivity index (χ4n) is 9.12. The highest BCUT2D eigenvalue weighted by molar-refractivity contribution is 6.14. The summed E-state index contributed by atoms with van der Waals surface area (Å²) in [5.74, 6) is 1.28. The summed E-state index contributed by atoms with van der Waals surface area (Å²) in [4.78, 5) is 26.0. The molecule has 330 valence electrons. The highest BCUT2D eigenvalue weighted by atomic mass is 15.2. The Kier molecular flexibility index (Phi) is 11.6. The van der Waals surface area contributed by atoms with Gasteiger partial charge in [-0.3, -0.25) is 15.0 Å². The van der Waals surface area contributed by atoms with Crippen molar-refractivity contribution in [1.29, 1.82) is 0 Å². The van der Waals surface area contributed by atoms with Gasteiger partial charge in [0.25, 0.3) is 0 Å². The molecule has 8 nitrogen and oxygen atoms in total. The molecule has 4 aliphatic rings. The van der Waals surface area contributed by atoms with Crippen LogP contribution in [0.2, 0.25) is 0 Å². The molecule has 6 heterocycles. The van der Waals surface area contributed by atoms with Gasteiger partial charge in [0.05, 0.1) is 23.1 Å². The highest BCUT2D eigenvalue weighted by Gasteiger charge is 2.27. The Hall–Kier alpha value is -7.97. The Bertz CT molecular complexity index is 3230. The summed E-state index contributed by atoms with van der Waals surface area (Å²) in [6.45, 7) is 17.0. The van der Waals surface area contributed by atoms with E-state index in [4.69, 9.17) is 24.9 Å². The molecule has 3 N–H and O–H groups in total. The number of nitrogens with zero attached hydrogens (tertiary/aromatic N) is 5. The van der Waals surface area contributed by atoms with Crippen LogP contribution in [-0.2, 0) is 0 Å². The lowest BCUT2D eigenvalue weighted by molar-refractivity contribution is 0.665. The molecule has 67 heavy (non-hydrogen) atoms. The summed E-state index contributed by atoms with van der Waals surface area (Å²) < 4.78 is 0. The van der Waals surface area contributed by atoms with Gasteiger partial charge in [0, 0.05) is 68.3 Å². The van der Waals surface area contributed by atoms with E-state index in [2.05, 4.69) is 189 Å². The molecule has 4 unspecified atom stereocenters. The van der Waals surface area contributed by atoms with Crippen molar-refractivity contribution in [3.05, 3.63) is 238 Å². The van der Waals surface area contributed by atoms with Crippen LogP contribution in [0, 0.1) is 20.8 Å². The lowest BCUT2D eigenvalue weighted by Gasteiger charge is -2.27. The smallest absolute Gasteiger partial charge is 0.159 e. The van der Waals surface area contributed by atoms with E-state index in [9.17, 15) is 0 Å². The third-order valence-electron chi connectivity index (χ3n) is 12.6.